The molecular weight excluding hydrogens is 132 g/mol. The van der Waals surface area contributed by atoms with Crippen LogP contribution in [0.25, 0.3) is 11.0 Å². The molecule has 1 N–H and O–H groups in total. The second-order valence-electron chi connectivity index (χ2n) is 1.81. The molecule has 0 unspecified atom stereocenters. The van der Waals surface area contributed by atoms with Gasteiger partial charge in [-0.1, -0.05) is 0 Å². The molecule has 10 heavy (non-hydrogen) atoms. The highest BCUT2D eigenvalue weighted by molar-refractivity contribution is 5.77. The first-order valence-electron chi connectivity index (χ1n) is 2.69. The molecule has 0 aliphatic rings. The molecule has 0 fully saturated rings. The predicted octanol–water partition coefficient (Wildman–Crippen LogP) is 0.497. The zero-order valence-electron chi connectivity index (χ0n) is 4.90. The number of rotatable bonds is 0. The molecule has 0 amide bonds. The van der Waals surface area contributed by atoms with Crippen molar-refractivity contribution in [3.8, 4) is 5.88 Å². The van der Waals surface area contributed by atoms with Gasteiger partial charge >= 0.3 is 0 Å². The van der Waals surface area contributed by atoms with Crippen molar-refractivity contribution in [2.24, 2.45) is 0 Å². The Labute approximate surface area is 55.7 Å². The molecule has 2 aromatic heterocycles. The van der Waals surface area contributed by atoms with E-state index in [1.165, 1.54) is 12.5 Å². The summed E-state index contributed by atoms with van der Waals surface area (Å²) >= 11 is 0. The first-order chi connectivity index (χ1) is 4.88. The SMILES string of the molecule is [O]c1[nH]nc2cncnc12. The van der Waals surface area contributed by atoms with Crippen molar-refractivity contribution < 1.29 is 5.11 Å². The lowest BCUT2D eigenvalue weighted by Crippen LogP contribution is -1.75. The van der Waals surface area contributed by atoms with Gasteiger partial charge in [0.2, 0.25) is 0 Å². The molecule has 5 heteroatoms. The van der Waals surface area contributed by atoms with E-state index in [1.54, 1.807) is 0 Å². The Kier molecular flexibility index (Phi) is 0.858. The van der Waals surface area contributed by atoms with E-state index in [4.69, 9.17) is 0 Å². The van der Waals surface area contributed by atoms with Gasteiger partial charge in [-0.25, -0.2) is 15.1 Å². The Morgan fingerprint density at radius 3 is 3.20 bits per heavy atom. The van der Waals surface area contributed by atoms with Crippen LogP contribution in [0.2, 0.25) is 0 Å². The molecule has 2 rings (SSSR count). The molecule has 2 aromatic rings. The highest BCUT2D eigenvalue weighted by atomic mass is 16.3. The van der Waals surface area contributed by atoms with Gasteiger partial charge in [0.25, 0.3) is 5.88 Å². The average Bonchev–Trinajstić information content (AvgIpc) is 2.34. The lowest BCUT2D eigenvalue weighted by Gasteiger charge is -1.80. The minimum atomic E-state index is -0.266. The van der Waals surface area contributed by atoms with E-state index in [1.807, 2.05) is 0 Å². The molecule has 0 atom stereocenters. The van der Waals surface area contributed by atoms with Gasteiger partial charge in [-0.05, 0) is 0 Å². The third-order valence-corrected chi connectivity index (χ3v) is 1.19. The molecule has 5 nitrogen and oxygen atoms in total. The first kappa shape index (κ1) is 5.16. The summed E-state index contributed by atoms with van der Waals surface area (Å²) in [6.45, 7) is 0. The number of hydrogen-bond donors (Lipinski definition) is 1. The number of aromatic amines is 1. The molecule has 0 saturated heterocycles. The number of fused-ring (bicyclic) bond motifs is 1. The number of nitrogens with zero attached hydrogens (tertiary/aromatic N) is 3. The fourth-order valence-corrected chi connectivity index (χ4v) is 0.743. The Balaban J connectivity index is 2.93. The van der Waals surface area contributed by atoms with Crippen molar-refractivity contribution in [1.82, 2.24) is 20.2 Å². The third kappa shape index (κ3) is 0.540. The van der Waals surface area contributed by atoms with Crippen LogP contribution in [0, 0.1) is 0 Å². The summed E-state index contributed by atoms with van der Waals surface area (Å²) < 4.78 is 0. The first-order valence-corrected chi connectivity index (χ1v) is 2.69. The highest BCUT2D eigenvalue weighted by Gasteiger charge is 2.04. The summed E-state index contributed by atoms with van der Waals surface area (Å²) in [5.74, 6) is -0.266. The monoisotopic (exact) mass is 135 g/mol. The van der Waals surface area contributed by atoms with E-state index in [2.05, 4.69) is 20.2 Å². The van der Waals surface area contributed by atoms with Crippen LogP contribution >= 0.6 is 0 Å². The fourth-order valence-electron chi connectivity index (χ4n) is 0.743. The lowest BCUT2D eigenvalue weighted by molar-refractivity contribution is 0.340. The van der Waals surface area contributed by atoms with Gasteiger partial charge in [0.1, 0.15) is 11.8 Å². The molecule has 0 saturated carbocycles. The summed E-state index contributed by atoms with van der Waals surface area (Å²) in [6, 6.07) is 0. The number of aromatic nitrogens is 4. The molecule has 0 aliphatic carbocycles. The van der Waals surface area contributed by atoms with Crippen LogP contribution in [-0.4, -0.2) is 20.2 Å². The molecule has 0 aromatic carbocycles. The normalized spacial score (nSPS) is 10.4. The fraction of sp³-hybridized carbons (Fsp3) is 0. The highest BCUT2D eigenvalue weighted by Crippen LogP contribution is 2.16. The Bertz CT molecular complexity index is 355. The second-order valence-corrected chi connectivity index (χ2v) is 1.81. The van der Waals surface area contributed by atoms with E-state index in [0.29, 0.717) is 11.0 Å². The van der Waals surface area contributed by atoms with E-state index in [-0.39, 0.29) is 5.88 Å². The molecule has 0 spiro atoms. The Morgan fingerprint density at radius 1 is 1.50 bits per heavy atom. The predicted molar refractivity (Wildman–Crippen MR) is 31.8 cm³/mol. The standard InChI is InChI=1S/C5H3N4O/c10-5-4-3(8-9-5)1-6-2-7-4/h1-2H,(H,8,9). The van der Waals surface area contributed by atoms with Crippen LogP contribution < -0.4 is 0 Å². The maximum Gasteiger partial charge on any atom is 0.292 e. The third-order valence-electron chi connectivity index (χ3n) is 1.19. The summed E-state index contributed by atoms with van der Waals surface area (Å²) in [6.07, 6.45) is 2.81. The van der Waals surface area contributed by atoms with Crippen LogP contribution in [0.1, 0.15) is 0 Å². The van der Waals surface area contributed by atoms with Gasteiger partial charge in [0.05, 0.1) is 6.20 Å². The van der Waals surface area contributed by atoms with Crippen LogP contribution in [0.5, 0.6) is 5.88 Å². The van der Waals surface area contributed by atoms with Gasteiger partial charge in [-0.15, -0.1) is 0 Å². The summed E-state index contributed by atoms with van der Waals surface area (Å²) in [5.41, 5.74) is 0.850. The Morgan fingerprint density at radius 2 is 2.40 bits per heavy atom. The minimum absolute atomic E-state index is 0.266. The maximum absolute atomic E-state index is 10.8. The summed E-state index contributed by atoms with van der Waals surface area (Å²) in [7, 11) is 0. The van der Waals surface area contributed by atoms with Crippen LogP contribution in [0.4, 0.5) is 0 Å². The van der Waals surface area contributed by atoms with Gasteiger partial charge in [0.15, 0.2) is 5.52 Å². The van der Waals surface area contributed by atoms with E-state index >= 15 is 0 Å². The number of hydrogen-bond acceptors (Lipinski definition) is 3. The number of nitrogens with one attached hydrogen (secondary N) is 1. The Hall–Kier alpha value is -1.65. The second kappa shape index (κ2) is 1.66. The van der Waals surface area contributed by atoms with Crippen LogP contribution in [0.3, 0.4) is 0 Å². The van der Waals surface area contributed by atoms with Crippen molar-refractivity contribution in [2.75, 3.05) is 0 Å². The molecule has 49 valence electrons. The van der Waals surface area contributed by atoms with E-state index in [9.17, 15) is 5.11 Å². The maximum atomic E-state index is 10.8. The summed E-state index contributed by atoms with van der Waals surface area (Å²) in [5, 5.41) is 16.7. The van der Waals surface area contributed by atoms with Crippen molar-refractivity contribution >= 4 is 11.0 Å². The molecular formula is C5H3N4O. The smallest absolute Gasteiger partial charge is 0.265 e. The molecule has 2 heterocycles. The quantitative estimate of drug-likeness (QED) is 0.571. The van der Waals surface area contributed by atoms with Crippen molar-refractivity contribution in [3.63, 3.8) is 0 Å². The topological polar surface area (TPSA) is 74.4 Å². The van der Waals surface area contributed by atoms with Gasteiger partial charge in [-0.2, -0.15) is 5.10 Å². The van der Waals surface area contributed by atoms with E-state index in [0.717, 1.165) is 0 Å². The van der Waals surface area contributed by atoms with Gasteiger partial charge in [0, 0.05) is 0 Å². The van der Waals surface area contributed by atoms with Crippen molar-refractivity contribution in [3.05, 3.63) is 12.5 Å². The minimum Gasteiger partial charge on any atom is -0.265 e. The van der Waals surface area contributed by atoms with Crippen molar-refractivity contribution in [1.29, 1.82) is 0 Å². The average molecular weight is 135 g/mol. The van der Waals surface area contributed by atoms with Crippen LogP contribution in [0.15, 0.2) is 12.5 Å². The van der Waals surface area contributed by atoms with E-state index < -0.39 is 0 Å². The molecule has 0 aliphatic heterocycles. The molecule has 1 radical (unpaired) electrons. The van der Waals surface area contributed by atoms with Crippen molar-refractivity contribution in [2.45, 2.75) is 0 Å². The zero-order chi connectivity index (χ0) is 6.97. The lowest BCUT2D eigenvalue weighted by atomic mass is 10.5. The van der Waals surface area contributed by atoms with Gasteiger partial charge in [-0.3, -0.25) is 5.11 Å². The van der Waals surface area contributed by atoms with Gasteiger partial charge < -0.3 is 0 Å². The number of H-pyrrole nitrogens is 1. The summed E-state index contributed by atoms with van der Waals surface area (Å²) in [4.78, 5) is 7.42. The molecule has 0 bridgehead atoms. The largest absolute Gasteiger partial charge is 0.292 e. The zero-order valence-corrected chi connectivity index (χ0v) is 4.90. The van der Waals surface area contributed by atoms with Crippen LogP contribution in [-0.2, 0) is 5.11 Å².